The highest BCUT2D eigenvalue weighted by Crippen LogP contribution is 2.03. The Hall–Kier alpha value is -0.760. The van der Waals surface area contributed by atoms with Crippen LogP contribution in [0.3, 0.4) is 0 Å². The first-order valence-corrected chi connectivity index (χ1v) is 4.64. The fourth-order valence-electron chi connectivity index (χ4n) is 1.06. The average Bonchev–Trinajstić information content (AvgIpc) is 2.50. The van der Waals surface area contributed by atoms with Crippen LogP contribution in [0, 0.1) is 0 Å². The van der Waals surface area contributed by atoms with E-state index in [0.29, 0.717) is 5.88 Å². The third-order valence-corrected chi connectivity index (χ3v) is 1.76. The van der Waals surface area contributed by atoms with E-state index in [4.69, 9.17) is 11.6 Å². The molecule has 2 nitrogen and oxygen atoms in total. The summed E-state index contributed by atoms with van der Waals surface area (Å²) < 4.78 is 2.11. The number of halogens is 1. The fourth-order valence-corrected chi connectivity index (χ4v) is 1.15. The molecule has 3 heteroatoms. The largest absolute Gasteiger partial charge is 0.331 e. The molecule has 0 aliphatic heterocycles. The van der Waals surface area contributed by atoms with E-state index in [1.807, 2.05) is 24.7 Å². The molecule has 0 unspecified atom stereocenters. The predicted molar refractivity (Wildman–Crippen MR) is 52.3 cm³/mol. The monoisotopic (exact) mass is 184 g/mol. The predicted octanol–water partition coefficient (Wildman–Crippen LogP) is 2.55. The number of aryl methyl sites for hydroxylation is 1. The van der Waals surface area contributed by atoms with Crippen molar-refractivity contribution in [2.75, 3.05) is 5.88 Å². The third kappa shape index (κ3) is 2.38. The molecule has 66 valence electrons. The molecule has 0 saturated heterocycles. The molecule has 0 N–H and O–H groups in total. The van der Waals surface area contributed by atoms with Crippen molar-refractivity contribution in [3.8, 4) is 0 Å². The molecule has 0 saturated carbocycles. The van der Waals surface area contributed by atoms with E-state index in [-0.39, 0.29) is 0 Å². The Bertz CT molecular complexity index is 253. The topological polar surface area (TPSA) is 17.8 Å². The van der Waals surface area contributed by atoms with Gasteiger partial charge in [-0.1, -0.05) is 13.0 Å². The molecule has 0 aliphatic rings. The zero-order valence-corrected chi connectivity index (χ0v) is 7.96. The van der Waals surface area contributed by atoms with Crippen LogP contribution in [-0.2, 0) is 6.54 Å². The summed E-state index contributed by atoms with van der Waals surface area (Å²) >= 11 is 5.53. The van der Waals surface area contributed by atoms with Crippen LogP contribution in [0.5, 0.6) is 0 Å². The van der Waals surface area contributed by atoms with E-state index >= 15 is 0 Å². The molecule has 12 heavy (non-hydrogen) atoms. The van der Waals surface area contributed by atoms with Gasteiger partial charge in [-0.05, 0) is 12.5 Å². The number of imidazole rings is 1. The summed E-state index contributed by atoms with van der Waals surface area (Å²) in [5.74, 6) is 0.553. The number of hydrogen-bond acceptors (Lipinski definition) is 1. The number of hydrogen-bond donors (Lipinski definition) is 0. The maximum absolute atomic E-state index is 5.53. The van der Waals surface area contributed by atoms with E-state index in [1.54, 1.807) is 0 Å². The number of aromatic nitrogens is 2. The van der Waals surface area contributed by atoms with E-state index < -0.39 is 0 Å². The number of allylic oxidation sites excluding steroid dienone is 1. The smallest absolute Gasteiger partial charge is 0.0950 e. The Kier molecular flexibility index (Phi) is 3.88. The second-order valence-corrected chi connectivity index (χ2v) is 2.88. The Labute approximate surface area is 77.9 Å². The van der Waals surface area contributed by atoms with Gasteiger partial charge in [-0.3, -0.25) is 0 Å². The lowest BCUT2D eigenvalue weighted by atomic mass is 10.4. The van der Waals surface area contributed by atoms with Crippen LogP contribution in [0.25, 0.3) is 6.08 Å². The first-order chi connectivity index (χ1) is 5.88. The maximum atomic E-state index is 5.53. The average molecular weight is 185 g/mol. The van der Waals surface area contributed by atoms with Gasteiger partial charge < -0.3 is 4.57 Å². The minimum atomic E-state index is 0.553. The van der Waals surface area contributed by atoms with Gasteiger partial charge in [0.2, 0.25) is 0 Å². The molecule has 0 radical (unpaired) electrons. The number of nitrogens with zero attached hydrogens (tertiary/aromatic N) is 2. The van der Waals surface area contributed by atoms with Crippen LogP contribution >= 0.6 is 11.6 Å². The van der Waals surface area contributed by atoms with Crippen molar-refractivity contribution in [2.24, 2.45) is 0 Å². The van der Waals surface area contributed by atoms with Gasteiger partial charge in [0.15, 0.2) is 0 Å². The molecule has 0 bridgehead atoms. The zero-order chi connectivity index (χ0) is 8.81. The summed E-state index contributed by atoms with van der Waals surface area (Å²) in [6.07, 6.45) is 8.73. The third-order valence-electron chi connectivity index (χ3n) is 1.59. The van der Waals surface area contributed by atoms with Gasteiger partial charge in [0.25, 0.3) is 0 Å². The quantitative estimate of drug-likeness (QED) is 0.658. The zero-order valence-electron chi connectivity index (χ0n) is 7.20. The highest BCUT2D eigenvalue weighted by molar-refractivity contribution is 6.19. The highest BCUT2D eigenvalue weighted by atomic mass is 35.5. The lowest BCUT2D eigenvalue weighted by Gasteiger charge is -2.00. The minimum absolute atomic E-state index is 0.553. The Morgan fingerprint density at radius 1 is 1.67 bits per heavy atom. The Morgan fingerprint density at radius 2 is 2.50 bits per heavy atom. The summed E-state index contributed by atoms with van der Waals surface area (Å²) in [5.41, 5.74) is 1.12. The first-order valence-electron chi connectivity index (χ1n) is 4.11. The first kappa shape index (κ1) is 9.33. The van der Waals surface area contributed by atoms with Crippen LogP contribution in [-0.4, -0.2) is 15.4 Å². The van der Waals surface area contributed by atoms with Gasteiger partial charge in [-0.15, -0.1) is 11.6 Å². The van der Waals surface area contributed by atoms with Gasteiger partial charge in [-0.2, -0.15) is 0 Å². The summed E-state index contributed by atoms with van der Waals surface area (Å²) in [5, 5.41) is 0. The van der Waals surface area contributed by atoms with Crippen LogP contribution in [0.15, 0.2) is 18.6 Å². The molecule has 0 fully saturated rings. The molecule has 0 spiro atoms. The summed E-state index contributed by atoms with van der Waals surface area (Å²) in [4.78, 5) is 4.06. The highest BCUT2D eigenvalue weighted by Gasteiger charge is 1.94. The van der Waals surface area contributed by atoms with Crippen molar-refractivity contribution in [1.82, 2.24) is 9.55 Å². The van der Waals surface area contributed by atoms with Crippen molar-refractivity contribution in [2.45, 2.75) is 19.9 Å². The lowest BCUT2D eigenvalue weighted by Crippen LogP contribution is -1.96. The van der Waals surface area contributed by atoms with E-state index in [0.717, 1.165) is 18.7 Å². The summed E-state index contributed by atoms with van der Waals surface area (Å²) in [7, 11) is 0. The summed E-state index contributed by atoms with van der Waals surface area (Å²) in [6.45, 7) is 3.16. The van der Waals surface area contributed by atoms with Crippen molar-refractivity contribution in [3.05, 3.63) is 24.3 Å². The molecular weight excluding hydrogens is 172 g/mol. The van der Waals surface area contributed by atoms with Crippen molar-refractivity contribution < 1.29 is 0 Å². The number of alkyl halides is 1. The Morgan fingerprint density at radius 3 is 3.17 bits per heavy atom. The molecule has 1 heterocycles. The second-order valence-electron chi connectivity index (χ2n) is 2.57. The van der Waals surface area contributed by atoms with E-state index in [9.17, 15) is 0 Å². The molecule has 0 amide bonds. The molecule has 1 aromatic heterocycles. The van der Waals surface area contributed by atoms with Crippen molar-refractivity contribution >= 4 is 17.7 Å². The lowest BCUT2D eigenvalue weighted by molar-refractivity contribution is 0.673. The fraction of sp³-hybridized carbons (Fsp3) is 0.444. The standard InChI is InChI=1S/C9H13ClN2/c1-2-6-12-8-11-7-9(12)4-3-5-10/h3-4,7-8H,2,5-6H2,1H3. The summed E-state index contributed by atoms with van der Waals surface area (Å²) in [6, 6.07) is 0. The van der Waals surface area contributed by atoms with Gasteiger partial charge in [0.1, 0.15) is 0 Å². The SMILES string of the molecule is CCCn1cncc1C=CCCl. The molecule has 0 atom stereocenters. The second kappa shape index (κ2) is 4.99. The van der Waals surface area contributed by atoms with Crippen LogP contribution < -0.4 is 0 Å². The molecule has 0 aromatic carbocycles. The minimum Gasteiger partial charge on any atom is -0.331 e. The van der Waals surface area contributed by atoms with E-state index in [1.165, 1.54) is 0 Å². The van der Waals surface area contributed by atoms with Crippen LogP contribution in [0.2, 0.25) is 0 Å². The number of rotatable bonds is 4. The van der Waals surface area contributed by atoms with Gasteiger partial charge in [0.05, 0.1) is 18.2 Å². The Balaban J connectivity index is 2.69. The molecule has 0 aliphatic carbocycles. The van der Waals surface area contributed by atoms with Gasteiger partial charge in [-0.25, -0.2) is 4.98 Å². The van der Waals surface area contributed by atoms with Crippen molar-refractivity contribution in [3.63, 3.8) is 0 Å². The molecule has 1 rings (SSSR count). The molecular formula is C9H13ClN2. The normalized spacial score (nSPS) is 11.2. The van der Waals surface area contributed by atoms with Gasteiger partial charge in [0, 0.05) is 12.4 Å². The maximum Gasteiger partial charge on any atom is 0.0950 e. The van der Waals surface area contributed by atoms with Crippen LogP contribution in [0.1, 0.15) is 19.0 Å². The van der Waals surface area contributed by atoms with E-state index in [2.05, 4.69) is 16.5 Å². The van der Waals surface area contributed by atoms with Crippen LogP contribution in [0.4, 0.5) is 0 Å². The molecule has 1 aromatic rings. The van der Waals surface area contributed by atoms with Gasteiger partial charge >= 0.3 is 0 Å². The van der Waals surface area contributed by atoms with Crippen molar-refractivity contribution in [1.29, 1.82) is 0 Å².